The quantitative estimate of drug-likeness (QED) is 0.706. The number of benzene rings is 1. The van der Waals surface area contributed by atoms with Crippen molar-refractivity contribution in [2.24, 2.45) is 0 Å². The number of hydrogen-bond donors (Lipinski definition) is 2. The fourth-order valence-corrected chi connectivity index (χ4v) is 5.39. The minimum absolute atomic E-state index is 0.0820. The zero-order valence-corrected chi connectivity index (χ0v) is 14.2. The third-order valence-electron chi connectivity index (χ3n) is 1.97. The van der Waals surface area contributed by atoms with Gasteiger partial charge in [0.1, 0.15) is 4.90 Å². The topological polar surface area (TPSA) is 89.3 Å². The fourth-order valence-electron chi connectivity index (χ4n) is 1.23. The van der Waals surface area contributed by atoms with Crippen LogP contribution in [0, 0.1) is 0 Å². The lowest BCUT2D eigenvalue weighted by Crippen LogP contribution is -2.28. The van der Waals surface area contributed by atoms with Crippen LogP contribution in [-0.4, -0.2) is 31.2 Å². The molecule has 18 heavy (non-hydrogen) atoms. The summed E-state index contributed by atoms with van der Waals surface area (Å²) in [6, 6.07) is 3.02. The lowest BCUT2D eigenvalue weighted by atomic mass is 10.3. The average molecular weight is 420 g/mol. The van der Waals surface area contributed by atoms with Gasteiger partial charge >= 0.3 is 0 Å². The number of nitrogen functional groups attached to an aromatic ring is 1. The Bertz CT molecular complexity index is 552. The first-order valence-corrected chi connectivity index (χ1v) is 9.58. The Balaban J connectivity index is 3.02. The number of rotatable bonds is 5. The molecule has 0 aliphatic carbocycles. The van der Waals surface area contributed by atoms with Gasteiger partial charge in [-0.05, 0) is 44.0 Å². The number of halogens is 2. The maximum absolute atomic E-state index is 12.1. The van der Waals surface area contributed by atoms with E-state index in [0.29, 0.717) is 14.6 Å². The molecule has 0 spiro atoms. The van der Waals surface area contributed by atoms with E-state index in [2.05, 4.69) is 36.6 Å². The summed E-state index contributed by atoms with van der Waals surface area (Å²) in [5.41, 5.74) is 6.04. The molecule has 1 atom stereocenters. The normalized spacial score (nSPS) is 13.5. The molecule has 0 aliphatic heterocycles. The van der Waals surface area contributed by atoms with E-state index in [9.17, 15) is 12.6 Å². The zero-order chi connectivity index (χ0) is 13.9. The van der Waals surface area contributed by atoms with Gasteiger partial charge < -0.3 is 5.73 Å². The van der Waals surface area contributed by atoms with Gasteiger partial charge in [0.05, 0.1) is 0 Å². The van der Waals surface area contributed by atoms with E-state index in [4.69, 9.17) is 5.73 Å². The van der Waals surface area contributed by atoms with E-state index in [0.717, 1.165) is 0 Å². The molecular formula is C9H12Br2N2O3S2. The average Bonchev–Trinajstić information content (AvgIpc) is 2.13. The molecule has 1 aromatic rings. The highest BCUT2D eigenvalue weighted by molar-refractivity contribution is 9.11. The van der Waals surface area contributed by atoms with Gasteiger partial charge in [-0.1, -0.05) is 0 Å². The number of nitrogens with two attached hydrogens (primary N) is 1. The Labute approximate surface area is 125 Å². The Kier molecular flexibility index (Phi) is 5.78. The monoisotopic (exact) mass is 418 g/mol. The first-order chi connectivity index (χ1) is 8.24. The molecule has 5 nitrogen and oxygen atoms in total. The van der Waals surface area contributed by atoms with Gasteiger partial charge in [-0.25, -0.2) is 13.1 Å². The molecule has 0 aliphatic rings. The molecule has 0 saturated heterocycles. The molecule has 102 valence electrons. The van der Waals surface area contributed by atoms with Gasteiger partial charge in [-0.2, -0.15) is 0 Å². The first kappa shape index (κ1) is 16.1. The molecule has 1 rings (SSSR count). The van der Waals surface area contributed by atoms with E-state index >= 15 is 0 Å². The Morgan fingerprint density at radius 1 is 1.33 bits per heavy atom. The Hall–Kier alpha value is 0.0400. The smallest absolute Gasteiger partial charge is 0.242 e. The van der Waals surface area contributed by atoms with Crippen molar-refractivity contribution < 1.29 is 12.6 Å². The first-order valence-electron chi connectivity index (χ1n) is 4.78. The summed E-state index contributed by atoms with van der Waals surface area (Å²) in [6.45, 7) is 0.120. The summed E-state index contributed by atoms with van der Waals surface area (Å²) in [5.74, 6) is 0.267. The number of hydrogen-bond acceptors (Lipinski definition) is 4. The number of sulfonamides is 1. The van der Waals surface area contributed by atoms with E-state index < -0.39 is 20.8 Å². The Morgan fingerprint density at radius 2 is 1.83 bits per heavy atom. The second-order valence-electron chi connectivity index (χ2n) is 3.49. The van der Waals surface area contributed by atoms with Gasteiger partial charge in [0.2, 0.25) is 10.0 Å². The molecule has 9 heteroatoms. The highest BCUT2D eigenvalue weighted by Crippen LogP contribution is 2.32. The SMILES string of the molecule is CS(=O)CCNS(=O)(=O)c1c(Br)cc(N)cc1Br. The largest absolute Gasteiger partial charge is 0.399 e. The lowest BCUT2D eigenvalue weighted by Gasteiger charge is -2.10. The van der Waals surface area contributed by atoms with Crippen LogP contribution in [0.15, 0.2) is 26.0 Å². The standard InChI is InChI=1S/C9H12Br2N2O3S2/c1-17(14)3-2-13-18(15,16)9-7(10)4-6(12)5-8(9)11/h4-5,13H,2-3,12H2,1H3. The van der Waals surface area contributed by atoms with Gasteiger partial charge in [0, 0.05) is 44.0 Å². The van der Waals surface area contributed by atoms with Crippen LogP contribution in [0.4, 0.5) is 5.69 Å². The maximum Gasteiger partial charge on any atom is 0.242 e. The van der Waals surface area contributed by atoms with Crippen LogP contribution in [0.2, 0.25) is 0 Å². The molecule has 3 N–H and O–H groups in total. The molecule has 0 saturated carbocycles. The molecule has 0 bridgehead atoms. The van der Waals surface area contributed by atoms with E-state index in [1.165, 1.54) is 18.4 Å². The van der Waals surface area contributed by atoms with Crippen LogP contribution in [-0.2, 0) is 20.8 Å². The molecule has 1 aromatic carbocycles. The predicted molar refractivity (Wildman–Crippen MR) is 80.4 cm³/mol. The van der Waals surface area contributed by atoms with Gasteiger partial charge in [0.15, 0.2) is 0 Å². The van der Waals surface area contributed by atoms with E-state index in [1.54, 1.807) is 0 Å². The van der Waals surface area contributed by atoms with Crippen molar-refractivity contribution in [3.8, 4) is 0 Å². The van der Waals surface area contributed by atoms with Crippen molar-refractivity contribution in [2.75, 3.05) is 24.3 Å². The zero-order valence-electron chi connectivity index (χ0n) is 9.44. The molecule has 0 radical (unpaired) electrons. The molecule has 0 amide bonds. The number of nitrogens with one attached hydrogen (secondary N) is 1. The lowest BCUT2D eigenvalue weighted by molar-refractivity contribution is 0.583. The van der Waals surface area contributed by atoms with Crippen molar-refractivity contribution in [3.05, 3.63) is 21.1 Å². The van der Waals surface area contributed by atoms with E-state index in [1.807, 2.05) is 0 Å². The summed E-state index contributed by atoms with van der Waals surface area (Å²) in [4.78, 5) is 0.0820. The summed E-state index contributed by atoms with van der Waals surface area (Å²) in [6.07, 6.45) is 1.52. The molecular weight excluding hydrogens is 408 g/mol. The summed E-state index contributed by atoms with van der Waals surface area (Å²) < 4.78 is 38.1. The summed E-state index contributed by atoms with van der Waals surface area (Å²) in [7, 11) is -4.71. The second-order valence-corrected chi connectivity index (χ2v) is 8.46. The van der Waals surface area contributed by atoms with Crippen LogP contribution in [0.3, 0.4) is 0 Å². The summed E-state index contributed by atoms with van der Waals surface area (Å²) in [5, 5.41) is 0. The molecule has 0 heterocycles. The highest BCUT2D eigenvalue weighted by atomic mass is 79.9. The van der Waals surface area contributed by atoms with Crippen LogP contribution in [0.1, 0.15) is 0 Å². The molecule has 0 aromatic heterocycles. The van der Waals surface area contributed by atoms with Crippen LogP contribution < -0.4 is 10.5 Å². The fraction of sp³-hybridized carbons (Fsp3) is 0.333. The van der Waals surface area contributed by atoms with Crippen LogP contribution >= 0.6 is 31.9 Å². The predicted octanol–water partition coefficient (Wildman–Crippen LogP) is 1.45. The van der Waals surface area contributed by atoms with Crippen molar-refractivity contribution in [3.63, 3.8) is 0 Å². The van der Waals surface area contributed by atoms with Crippen molar-refractivity contribution in [1.29, 1.82) is 0 Å². The van der Waals surface area contributed by atoms with Gasteiger partial charge in [-0.3, -0.25) is 4.21 Å². The highest BCUT2D eigenvalue weighted by Gasteiger charge is 2.21. The van der Waals surface area contributed by atoms with Crippen LogP contribution in [0.25, 0.3) is 0 Å². The maximum atomic E-state index is 12.1. The molecule has 0 fully saturated rings. The van der Waals surface area contributed by atoms with Crippen LogP contribution in [0.5, 0.6) is 0 Å². The van der Waals surface area contributed by atoms with Crippen molar-refractivity contribution in [1.82, 2.24) is 4.72 Å². The third-order valence-corrected chi connectivity index (χ3v) is 6.09. The van der Waals surface area contributed by atoms with Gasteiger partial charge in [-0.15, -0.1) is 0 Å². The second kappa shape index (κ2) is 6.47. The number of anilines is 1. The minimum atomic E-state index is -3.67. The minimum Gasteiger partial charge on any atom is -0.399 e. The summed E-state index contributed by atoms with van der Waals surface area (Å²) >= 11 is 6.33. The van der Waals surface area contributed by atoms with Gasteiger partial charge in [0.25, 0.3) is 0 Å². The van der Waals surface area contributed by atoms with E-state index in [-0.39, 0.29) is 17.2 Å². The molecule has 1 unspecified atom stereocenters. The Morgan fingerprint density at radius 3 is 2.28 bits per heavy atom. The van der Waals surface area contributed by atoms with Crippen molar-refractivity contribution >= 4 is 58.4 Å². The third kappa shape index (κ3) is 4.30. The van der Waals surface area contributed by atoms with Crippen molar-refractivity contribution in [2.45, 2.75) is 4.90 Å².